The van der Waals surface area contributed by atoms with E-state index < -0.39 is 8.80 Å². The van der Waals surface area contributed by atoms with Crippen LogP contribution in [-0.2, 0) is 13.3 Å². The molecular weight excluding hydrogens is 306 g/mol. The van der Waals surface area contributed by atoms with Crippen molar-refractivity contribution in [1.29, 1.82) is 0 Å². The minimum absolute atomic E-state index is 0.918. The summed E-state index contributed by atoms with van der Waals surface area (Å²) in [6.45, 7) is 12.1. The summed E-state index contributed by atoms with van der Waals surface area (Å²) < 4.78 is 18.0. The molecule has 0 rings (SSSR count). The van der Waals surface area contributed by atoms with E-state index in [-0.39, 0.29) is 0 Å². The molecule has 0 unspecified atom stereocenters. The Bertz CT molecular complexity index is 243. The third kappa shape index (κ3) is 8.63. The Labute approximate surface area is 146 Å². The molecule has 0 bridgehead atoms. The minimum Gasteiger partial charge on any atom is -0.377 e. The van der Waals surface area contributed by atoms with Gasteiger partial charge in [-0.3, -0.25) is 0 Å². The SMILES string of the molecule is CCCC[N+](CCCC)(CCCC)CCC[Si](OC)(OC)OC. The van der Waals surface area contributed by atoms with Crippen LogP contribution >= 0.6 is 0 Å². The molecule has 0 aliphatic rings. The molecule has 0 N–H and O–H groups in total. The Morgan fingerprint density at radius 2 is 0.957 bits per heavy atom. The molecule has 4 nitrogen and oxygen atoms in total. The summed E-state index contributed by atoms with van der Waals surface area (Å²) >= 11 is 0. The normalized spacial score (nSPS) is 12.8. The molecular formula is C18H42NO3Si+. The van der Waals surface area contributed by atoms with E-state index in [1.54, 1.807) is 21.3 Å². The molecule has 0 spiro atoms. The van der Waals surface area contributed by atoms with Crippen LogP contribution in [-0.4, -0.2) is 60.8 Å². The van der Waals surface area contributed by atoms with Gasteiger partial charge < -0.3 is 17.8 Å². The number of rotatable bonds is 16. The van der Waals surface area contributed by atoms with Gasteiger partial charge in [-0.25, -0.2) is 0 Å². The second-order valence-electron chi connectivity index (χ2n) is 6.70. The average Bonchev–Trinajstić information content (AvgIpc) is 2.60. The van der Waals surface area contributed by atoms with Crippen molar-refractivity contribution in [3.05, 3.63) is 0 Å². The van der Waals surface area contributed by atoms with Crippen molar-refractivity contribution in [3.8, 4) is 0 Å². The first-order chi connectivity index (χ1) is 11.1. The van der Waals surface area contributed by atoms with Gasteiger partial charge in [0, 0.05) is 33.8 Å². The van der Waals surface area contributed by atoms with Crippen molar-refractivity contribution in [2.45, 2.75) is 71.8 Å². The molecule has 0 aromatic rings. The highest BCUT2D eigenvalue weighted by Gasteiger charge is 2.38. The zero-order valence-electron chi connectivity index (χ0n) is 16.7. The zero-order valence-corrected chi connectivity index (χ0v) is 17.7. The Kier molecular flexibility index (Phi) is 13.4. The van der Waals surface area contributed by atoms with Crippen LogP contribution in [0, 0.1) is 0 Å². The predicted molar refractivity (Wildman–Crippen MR) is 101 cm³/mol. The Morgan fingerprint density at radius 3 is 1.26 bits per heavy atom. The summed E-state index contributed by atoms with van der Waals surface area (Å²) in [6, 6.07) is 0.918. The first-order valence-electron chi connectivity index (χ1n) is 9.58. The molecule has 5 heteroatoms. The third-order valence-corrected chi connectivity index (χ3v) is 7.84. The topological polar surface area (TPSA) is 27.7 Å². The summed E-state index contributed by atoms with van der Waals surface area (Å²) in [5.74, 6) is 0. The fraction of sp³-hybridized carbons (Fsp3) is 1.00. The molecule has 140 valence electrons. The molecule has 0 saturated heterocycles. The molecule has 0 aromatic carbocycles. The van der Waals surface area contributed by atoms with Crippen LogP contribution in [0.25, 0.3) is 0 Å². The molecule has 0 amide bonds. The maximum atomic E-state index is 5.58. The van der Waals surface area contributed by atoms with Gasteiger partial charge in [0.15, 0.2) is 0 Å². The molecule has 0 aliphatic carbocycles. The van der Waals surface area contributed by atoms with Gasteiger partial charge in [-0.2, -0.15) is 0 Å². The molecule has 0 radical (unpaired) electrons. The van der Waals surface area contributed by atoms with E-state index >= 15 is 0 Å². The maximum Gasteiger partial charge on any atom is 0.500 e. The van der Waals surface area contributed by atoms with Crippen LogP contribution in [0.1, 0.15) is 65.7 Å². The van der Waals surface area contributed by atoms with Crippen LogP contribution in [0.15, 0.2) is 0 Å². The monoisotopic (exact) mass is 348 g/mol. The highest BCUT2D eigenvalue weighted by Crippen LogP contribution is 2.20. The van der Waals surface area contributed by atoms with Crippen molar-refractivity contribution in [3.63, 3.8) is 0 Å². The Hall–Kier alpha value is 0.0569. The standard InChI is InChI=1S/C18H42NO3Si/c1-7-10-14-19(15-11-8-2,16-12-9-3)17-13-18-23(20-4,21-5)22-6/h7-18H2,1-6H3/q+1. The second kappa shape index (κ2) is 13.4. The number of quaternary nitrogens is 1. The largest absolute Gasteiger partial charge is 0.500 e. The molecule has 0 aromatic heterocycles. The number of nitrogens with zero attached hydrogens (tertiary/aromatic N) is 1. The van der Waals surface area contributed by atoms with E-state index in [0.29, 0.717) is 0 Å². The van der Waals surface area contributed by atoms with Gasteiger partial charge in [0.2, 0.25) is 0 Å². The molecule has 0 fully saturated rings. The zero-order chi connectivity index (χ0) is 17.6. The highest BCUT2D eigenvalue weighted by molar-refractivity contribution is 6.60. The van der Waals surface area contributed by atoms with Crippen molar-refractivity contribution < 1.29 is 17.8 Å². The van der Waals surface area contributed by atoms with Gasteiger partial charge >= 0.3 is 8.80 Å². The lowest BCUT2D eigenvalue weighted by atomic mass is 10.1. The molecule has 0 aliphatic heterocycles. The van der Waals surface area contributed by atoms with Crippen LogP contribution in [0.2, 0.25) is 6.04 Å². The number of hydrogen-bond donors (Lipinski definition) is 0. The predicted octanol–water partition coefficient (Wildman–Crippen LogP) is 4.47. The summed E-state index contributed by atoms with van der Waals surface area (Å²) in [5, 5.41) is 0. The van der Waals surface area contributed by atoms with Gasteiger partial charge in [-0.1, -0.05) is 40.0 Å². The van der Waals surface area contributed by atoms with Crippen LogP contribution in [0.4, 0.5) is 0 Å². The van der Waals surface area contributed by atoms with Gasteiger partial charge in [0.1, 0.15) is 0 Å². The van der Waals surface area contributed by atoms with Crippen molar-refractivity contribution in [2.24, 2.45) is 0 Å². The molecule has 0 saturated carbocycles. The smallest absolute Gasteiger partial charge is 0.377 e. The lowest BCUT2D eigenvalue weighted by molar-refractivity contribution is -0.928. The van der Waals surface area contributed by atoms with E-state index in [1.807, 2.05) is 0 Å². The van der Waals surface area contributed by atoms with Crippen LogP contribution in [0.3, 0.4) is 0 Å². The molecule has 23 heavy (non-hydrogen) atoms. The summed E-state index contributed by atoms with van der Waals surface area (Å²) in [7, 11) is 2.72. The first-order valence-corrected chi connectivity index (χ1v) is 11.5. The quantitative estimate of drug-likeness (QED) is 0.304. The third-order valence-electron chi connectivity index (χ3n) is 5.01. The van der Waals surface area contributed by atoms with Crippen LogP contribution in [0.5, 0.6) is 0 Å². The number of hydrogen-bond acceptors (Lipinski definition) is 3. The molecule has 0 atom stereocenters. The van der Waals surface area contributed by atoms with Gasteiger partial charge in [-0.15, -0.1) is 0 Å². The van der Waals surface area contributed by atoms with Gasteiger partial charge in [-0.05, 0) is 19.3 Å². The van der Waals surface area contributed by atoms with Gasteiger partial charge in [0.25, 0.3) is 0 Å². The minimum atomic E-state index is -2.42. The van der Waals surface area contributed by atoms with E-state index in [2.05, 4.69) is 20.8 Å². The van der Waals surface area contributed by atoms with Crippen molar-refractivity contribution in [1.82, 2.24) is 0 Å². The molecule has 0 heterocycles. The number of unbranched alkanes of at least 4 members (excludes halogenated alkanes) is 3. The van der Waals surface area contributed by atoms with E-state index in [9.17, 15) is 0 Å². The Balaban J connectivity index is 4.80. The second-order valence-corrected chi connectivity index (χ2v) is 9.79. The fourth-order valence-corrected chi connectivity index (χ4v) is 5.04. The summed E-state index contributed by atoms with van der Waals surface area (Å²) in [6.07, 6.45) is 8.96. The Morgan fingerprint density at radius 1 is 0.609 bits per heavy atom. The first kappa shape index (κ1) is 23.1. The fourth-order valence-electron chi connectivity index (χ4n) is 3.34. The van der Waals surface area contributed by atoms with E-state index in [0.717, 1.165) is 12.5 Å². The average molecular weight is 349 g/mol. The van der Waals surface area contributed by atoms with Crippen molar-refractivity contribution in [2.75, 3.05) is 47.5 Å². The highest BCUT2D eigenvalue weighted by atomic mass is 28.4. The lowest BCUT2D eigenvalue weighted by Crippen LogP contribution is -2.52. The van der Waals surface area contributed by atoms with E-state index in [4.69, 9.17) is 13.3 Å². The summed E-state index contributed by atoms with van der Waals surface area (Å²) in [5.41, 5.74) is 0. The van der Waals surface area contributed by atoms with Gasteiger partial charge in [0.05, 0.1) is 26.2 Å². The van der Waals surface area contributed by atoms with Crippen LogP contribution < -0.4 is 0 Å². The van der Waals surface area contributed by atoms with E-state index in [1.165, 1.54) is 69.2 Å². The maximum absolute atomic E-state index is 5.58. The summed E-state index contributed by atoms with van der Waals surface area (Å²) in [4.78, 5) is 0. The lowest BCUT2D eigenvalue weighted by Gasteiger charge is -2.40. The van der Waals surface area contributed by atoms with Crippen molar-refractivity contribution >= 4 is 8.80 Å².